The molecule has 0 spiro atoms. The van der Waals surface area contributed by atoms with Crippen molar-refractivity contribution >= 4 is 17.5 Å². The summed E-state index contributed by atoms with van der Waals surface area (Å²) in [7, 11) is 0. The molecule has 1 amide bonds. The number of carbonyl (C=O) groups is 1. The number of hydrogen-bond donors (Lipinski definition) is 2. The van der Waals surface area contributed by atoms with Gasteiger partial charge in [0, 0.05) is 16.9 Å². The third kappa shape index (κ3) is 2.38. The summed E-state index contributed by atoms with van der Waals surface area (Å²) in [6.07, 6.45) is -5.08. The summed E-state index contributed by atoms with van der Waals surface area (Å²) in [6.45, 7) is 0. The minimum Gasteiger partial charge on any atom is -0.373 e. The Morgan fingerprint density at radius 3 is 2.30 bits per heavy atom. The number of carbonyl (C=O) groups excluding carboxylic acids is 1. The highest BCUT2D eigenvalue weighted by molar-refractivity contribution is 6.31. The molecule has 0 saturated heterocycles. The van der Waals surface area contributed by atoms with E-state index in [0.717, 1.165) is 0 Å². The highest BCUT2D eigenvalue weighted by Gasteiger charge is 2.64. The highest BCUT2D eigenvalue weighted by Crippen LogP contribution is 2.57. The van der Waals surface area contributed by atoms with Crippen molar-refractivity contribution in [3.05, 3.63) is 34.9 Å². The Morgan fingerprint density at radius 2 is 1.90 bits per heavy atom. The van der Waals surface area contributed by atoms with Gasteiger partial charge in [-0.1, -0.05) is 29.8 Å². The van der Waals surface area contributed by atoms with Crippen LogP contribution in [-0.2, 0) is 10.2 Å². The Hall–Kier alpha value is -1.27. The number of alkyl halides is 3. The summed E-state index contributed by atoms with van der Waals surface area (Å²) in [5.41, 5.74) is 0.786. The first-order chi connectivity index (χ1) is 9.12. The average molecular weight is 308 g/mol. The zero-order valence-electron chi connectivity index (χ0n) is 10.4. The maximum atomic E-state index is 12.9. The first-order valence-electron chi connectivity index (χ1n) is 5.96. The Kier molecular flexibility index (Phi) is 3.50. The minimum atomic E-state index is -5.12. The van der Waals surface area contributed by atoms with Gasteiger partial charge in [-0.05, 0) is 24.5 Å². The Morgan fingerprint density at radius 1 is 1.35 bits per heavy atom. The second kappa shape index (κ2) is 4.63. The van der Waals surface area contributed by atoms with Gasteiger partial charge in [0.25, 0.3) is 5.91 Å². The number of primary amides is 1. The van der Waals surface area contributed by atoms with E-state index in [4.69, 9.17) is 17.3 Å². The SMILES string of the molecule is NC(=O)C(O)(CC1(c2ccccc2Cl)CC1)C(F)(F)F. The molecule has 1 atom stereocenters. The van der Waals surface area contributed by atoms with Crippen LogP contribution in [0.5, 0.6) is 0 Å². The predicted molar refractivity (Wildman–Crippen MR) is 67.2 cm³/mol. The molecule has 0 bridgehead atoms. The van der Waals surface area contributed by atoms with Gasteiger partial charge in [0.15, 0.2) is 0 Å². The number of amides is 1. The van der Waals surface area contributed by atoms with Gasteiger partial charge in [-0.25, -0.2) is 0 Å². The first kappa shape index (κ1) is 15.1. The third-order valence-corrected chi connectivity index (χ3v) is 4.10. The molecule has 0 aromatic heterocycles. The standard InChI is InChI=1S/C13H13ClF3NO2/c14-9-4-2-1-3-8(9)11(5-6-11)7-12(20,10(18)19)13(15,16)17/h1-4,20H,5-7H2,(H2,18,19). The maximum absolute atomic E-state index is 12.9. The van der Waals surface area contributed by atoms with Crippen molar-refractivity contribution < 1.29 is 23.1 Å². The lowest BCUT2D eigenvalue weighted by molar-refractivity contribution is -0.254. The lowest BCUT2D eigenvalue weighted by Crippen LogP contribution is -2.57. The number of aliphatic hydroxyl groups is 1. The van der Waals surface area contributed by atoms with Crippen LogP contribution in [0, 0.1) is 0 Å². The van der Waals surface area contributed by atoms with Crippen molar-refractivity contribution in [1.29, 1.82) is 0 Å². The van der Waals surface area contributed by atoms with Crippen LogP contribution in [-0.4, -0.2) is 22.8 Å². The molecule has 20 heavy (non-hydrogen) atoms. The molecule has 0 heterocycles. The maximum Gasteiger partial charge on any atom is 0.426 e. The van der Waals surface area contributed by atoms with Crippen LogP contribution < -0.4 is 5.73 Å². The lowest BCUT2D eigenvalue weighted by Gasteiger charge is -2.31. The molecule has 3 N–H and O–H groups in total. The zero-order valence-corrected chi connectivity index (χ0v) is 11.1. The fraction of sp³-hybridized carbons (Fsp3) is 0.462. The molecule has 2 rings (SSSR count). The van der Waals surface area contributed by atoms with Gasteiger partial charge in [-0.3, -0.25) is 4.79 Å². The second-order valence-corrected chi connectivity index (χ2v) is 5.57. The van der Waals surface area contributed by atoms with Gasteiger partial charge in [-0.2, -0.15) is 13.2 Å². The van der Waals surface area contributed by atoms with Gasteiger partial charge < -0.3 is 10.8 Å². The largest absolute Gasteiger partial charge is 0.426 e. The third-order valence-electron chi connectivity index (χ3n) is 3.77. The van der Waals surface area contributed by atoms with E-state index in [1.165, 1.54) is 0 Å². The Bertz CT molecular complexity index is 543. The predicted octanol–water partition coefficient (Wildman–Crippen LogP) is 2.54. The van der Waals surface area contributed by atoms with Crippen molar-refractivity contribution in [3.8, 4) is 0 Å². The van der Waals surface area contributed by atoms with Crippen molar-refractivity contribution in [3.63, 3.8) is 0 Å². The van der Waals surface area contributed by atoms with Gasteiger partial charge in [0.2, 0.25) is 5.60 Å². The summed E-state index contributed by atoms with van der Waals surface area (Å²) in [6, 6.07) is 6.48. The van der Waals surface area contributed by atoms with Gasteiger partial charge in [-0.15, -0.1) is 0 Å². The smallest absolute Gasteiger partial charge is 0.373 e. The number of benzene rings is 1. The molecule has 1 aliphatic carbocycles. The molecule has 0 aliphatic heterocycles. The van der Waals surface area contributed by atoms with Crippen molar-refractivity contribution in [2.75, 3.05) is 0 Å². The van der Waals surface area contributed by atoms with Crippen LogP contribution in [0.25, 0.3) is 0 Å². The molecule has 110 valence electrons. The normalized spacial score (nSPS) is 20.2. The van der Waals surface area contributed by atoms with Crippen LogP contribution in [0.4, 0.5) is 13.2 Å². The van der Waals surface area contributed by atoms with E-state index in [2.05, 4.69) is 0 Å². The van der Waals surface area contributed by atoms with Crippen LogP contribution in [0.1, 0.15) is 24.8 Å². The summed E-state index contributed by atoms with van der Waals surface area (Å²) in [5.74, 6) is -1.79. The van der Waals surface area contributed by atoms with Crippen LogP contribution in [0.15, 0.2) is 24.3 Å². The van der Waals surface area contributed by atoms with Crippen molar-refractivity contribution in [2.45, 2.75) is 36.5 Å². The number of rotatable bonds is 4. The van der Waals surface area contributed by atoms with Crippen molar-refractivity contribution in [2.24, 2.45) is 5.73 Å². The molecular formula is C13H13ClF3NO2. The second-order valence-electron chi connectivity index (χ2n) is 5.16. The summed E-state index contributed by atoms with van der Waals surface area (Å²) >= 11 is 5.99. The molecule has 1 aromatic rings. The molecule has 1 saturated carbocycles. The van der Waals surface area contributed by atoms with E-state index in [1.54, 1.807) is 24.3 Å². The highest BCUT2D eigenvalue weighted by atomic mass is 35.5. The summed E-state index contributed by atoms with van der Waals surface area (Å²) < 4.78 is 38.8. The lowest BCUT2D eigenvalue weighted by atomic mass is 9.82. The molecule has 0 radical (unpaired) electrons. The van der Waals surface area contributed by atoms with E-state index < -0.39 is 29.5 Å². The fourth-order valence-electron chi connectivity index (χ4n) is 2.40. The first-order valence-corrected chi connectivity index (χ1v) is 6.34. The molecule has 1 unspecified atom stereocenters. The van der Waals surface area contributed by atoms with Crippen molar-refractivity contribution in [1.82, 2.24) is 0 Å². The Balaban J connectivity index is 2.38. The van der Waals surface area contributed by atoms with Gasteiger partial charge in [0.1, 0.15) is 0 Å². The molecular weight excluding hydrogens is 295 g/mol. The summed E-state index contributed by atoms with van der Waals surface area (Å²) in [5, 5.41) is 10.0. The zero-order chi connectivity index (χ0) is 15.2. The fourth-order valence-corrected chi connectivity index (χ4v) is 2.74. The number of hydrogen-bond acceptors (Lipinski definition) is 2. The molecule has 1 aliphatic rings. The van der Waals surface area contributed by atoms with E-state index in [0.29, 0.717) is 23.4 Å². The monoisotopic (exact) mass is 307 g/mol. The topological polar surface area (TPSA) is 63.3 Å². The van der Waals surface area contributed by atoms with E-state index >= 15 is 0 Å². The number of halogens is 4. The molecule has 3 nitrogen and oxygen atoms in total. The van der Waals surface area contributed by atoms with E-state index in [1.807, 2.05) is 0 Å². The number of nitrogens with two attached hydrogens (primary N) is 1. The molecule has 7 heteroatoms. The molecule has 1 fully saturated rings. The van der Waals surface area contributed by atoms with E-state index in [-0.39, 0.29) is 0 Å². The van der Waals surface area contributed by atoms with Crippen LogP contribution in [0.3, 0.4) is 0 Å². The van der Waals surface area contributed by atoms with Gasteiger partial charge >= 0.3 is 6.18 Å². The average Bonchev–Trinajstić information content (AvgIpc) is 3.08. The molecule has 1 aromatic carbocycles. The van der Waals surface area contributed by atoms with Crippen LogP contribution in [0.2, 0.25) is 5.02 Å². The quantitative estimate of drug-likeness (QED) is 0.898. The van der Waals surface area contributed by atoms with Crippen LogP contribution >= 0.6 is 11.6 Å². The Labute approximate surface area is 118 Å². The van der Waals surface area contributed by atoms with E-state index in [9.17, 15) is 23.1 Å². The minimum absolute atomic E-state index is 0.319. The van der Waals surface area contributed by atoms with Gasteiger partial charge in [0.05, 0.1) is 0 Å². The summed E-state index contributed by atoms with van der Waals surface area (Å²) in [4.78, 5) is 11.1.